The second-order valence-corrected chi connectivity index (χ2v) is 9.51. The van der Waals surface area contributed by atoms with Gasteiger partial charge in [-0.15, -0.1) is 0 Å². The Hall–Kier alpha value is -0.0800. The van der Waals surface area contributed by atoms with E-state index in [2.05, 4.69) is 13.8 Å². The fourth-order valence-electron chi connectivity index (χ4n) is 4.22. The van der Waals surface area contributed by atoms with E-state index in [0.717, 1.165) is 12.8 Å². The largest absolute Gasteiger partial charge is 0.350 e. The minimum Gasteiger partial charge on any atom is -0.350 e. The fourth-order valence-corrected chi connectivity index (χ4v) is 4.22. The summed E-state index contributed by atoms with van der Waals surface area (Å²) < 4.78 is 5.47. The number of hydrogen-bond donors (Lipinski definition) is 0. The van der Waals surface area contributed by atoms with Gasteiger partial charge in [-0.3, -0.25) is 0 Å². The van der Waals surface area contributed by atoms with Crippen molar-refractivity contribution < 1.29 is 9.84 Å². The molecule has 0 amide bonds. The van der Waals surface area contributed by atoms with Crippen molar-refractivity contribution in [2.75, 3.05) is 6.61 Å². The molecule has 0 saturated carbocycles. The van der Waals surface area contributed by atoms with Crippen LogP contribution < -0.4 is 0 Å². The Bertz CT molecular complexity index is 292. The van der Waals surface area contributed by atoms with Crippen LogP contribution in [0.3, 0.4) is 0 Å². The van der Waals surface area contributed by atoms with Crippen LogP contribution in [0.1, 0.15) is 168 Å². The first-order valence-corrected chi connectivity index (χ1v) is 14.1. The minimum atomic E-state index is -0.781. The van der Waals surface area contributed by atoms with Gasteiger partial charge in [-0.25, -0.2) is 5.11 Å². The number of rotatable bonds is 26. The van der Waals surface area contributed by atoms with Crippen LogP contribution in [0.25, 0.3) is 0 Å². The van der Waals surface area contributed by atoms with Gasteiger partial charge in [0.05, 0.1) is 0 Å². The Morgan fingerprint density at radius 2 is 0.733 bits per heavy atom. The second kappa shape index (κ2) is 27.0. The van der Waals surface area contributed by atoms with E-state index in [-0.39, 0.29) is 0 Å². The Balaban J connectivity index is 3.12. The molecule has 0 spiro atoms. The van der Waals surface area contributed by atoms with Crippen molar-refractivity contribution in [3.05, 3.63) is 0 Å². The van der Waals surface area contributed by atoms with Crippen LogP contribution in [0.2, 0.25) is 0 Å². The molecule has 0 aliphatic rings. The molecule has 1 radical (unpaired) electrons. The molecule has 1 unspecified atom stereocenters. The van der Waals surface area contributed by atoms with E-state index in [9.17, 15) is 5.11 Å². The zero-order valence-electron chi connectivity index (χ0n) is 21.1. The molecule has 0 aromatic heterocycles. The van der Waals surface area contributed by atoms with Crippen LogP contribution in [0.4, 0.5) is 0 Å². The average molecular weight is 426 g/mol. The van der Waals surface area contributed by atoms with Gasteiger partial charge in [-0.2, -0.15) is 0 Å². The quantitative estimate of drug-likeness (QED) is 0.100. The SMILES string of the molecule is CCCCCCCCCCCCCCOC([O])CCCCCCCCCCCCC. The maximum absolute atomic E-state index is 11.9. The first kappa shape index (κ1) is 29.9. The van der Waals surface area contributed by atoms with Crippen molar-refractivity contribution in [3.8, 4) is 0 Å². The summed E-state index contributed by atoms with van der Waals surface area (Å²) in [5.74, 6) is 0. The third kappa shape index (κ3) is 26.0. The van der Waals surface area contributed by atoms with Crippen LogP contribution in [-0.2, 0) is 9.84 Å². The second-order valence-electron chi connectivity index (χ2n) is 9.51. The number of ether oxygens (including phenoxy) is 1. The molecule has 0 N–H and O–H groups in total. The van der Waals surface area contributed by atoms with E-state index >= 15 is 0 Å². The van der Waals surface area contributed by atoms with E-state index < -0.39 is 6.29 Å². The summed E-state index contributed by atoms with van der Waals surface area (Å²) in [6.45, 7) is 5.22. The highest BCUT2D eigenvalue weighted by Crippen LogP contribution is 2.14. The lowest BCUT2D eigenvalue weighted by molar-refractivity contribution is -0.144. The molecule has 0 rings (SSSR count). The zero-order chi connectivity index (χ0) is 22.0. The van der Waals surface area contributed by atoms with Gasteiger partial charge in [0, 0.05) is 13.0 Å². The summed E-state index contributed by atoms with van der Waals surface area (Å²) >= 11 is 0. The van der Waals surface area contributed by atoms with Gasteiger partial charge in [0.15, 0.2) is 6.29 Å². The topological polar surface area (TPSA) is 29.1 Å². The van der Waals surface area contributed by atoms with Gasteiger partial charge in [0.25, 0.3) is 0 Å². The lowest BCUT2D eigenvalue weighted by Crippen LogP contribution is -2.11. The summed E-state index contributed by atoms with van der Waals surface area (Å²) in [5.41, 5.74) is 0. The van der Waals surface area contributed by atoms with Crippen molar-refractivity contribution in [2.24, 2.45) is 0 Å². The fraction of sp³-hybridized carbons (Fsp3) is 1.00. The van der Waals surface area contributed by atoms with Crippen molar-refractivity contribution in [3.63, 3.8) is 0 Å². The van der Waals surface area contributed by atoms with Crippen LogP contribution in [0.15, 0.2) is 0 Å². The minimum absolute atomic E-state index is 0.670. The molecule has 181 valence electrons. The maximum atomic E-state index is 11.9. The molecule has 0 heterocycles. The molecule has 2 nitrogen and oxygen atoms in total. The highest BCUT2D eigenvalue weighted by Gasteiger charge is 2.05. The predicted molar refractivity (Wildman–Crippen MR) is 133 cm³/mol. The van der Waals surface area contributed by atoms with E-state index in [1.165, 1.54) is 135 Å². The van der Waals surface area contributed by atoms with E-state index in [1.807, 2.05) is 0 Å². The van der Waals surface area contributed by atoms with Crippen LogP contribution >= 0.6 is 0 Å². The molecule has 0 saturated heterocycles. The predicted octanol–water partition coefficient (Wildman–Crippen LogP) is 10.2. The maximum Gasteiger partial charge on any atom is 0.191 e. The standard InChI is InChI=1S/C28H57O2/c1-3-5-7-9-11-13-15-17-19-21-23-25-27-30-28(29)26-24-22-20-18-16-14-12-10-8-6-4-2/h28H,3-27H2,1-2H3. The highest BCUT2D eigenvalue weighted by atomic mass is 16.6. The molecule has 0 bridgehead atoms. The number of hydrogen-bond acceptors (Lipinski definition) is 1. The van der Waals surface area contributed by atoms with Gasteiger partial charge in [-0.05, 0) is 12.8 Å². The van der Waals surface area contributed by atoms with E-state index in [4.69, 9.17) is 4.74 Å². The molecule has 1 atom stereocenters. The third-order valence-corrected chi connectivity index (χ3v) is 6.35. The normalized spacial score (nSPS) is 12.5. The third-order valence-electron chi connectivity index (χ3n) is 6.35. The molecule has 0 aromatic carbocycles. The van der Waals surface area contributed by atoms with Crippen molar-refractivity contribution >= 4 is 0 Å². The first-order chi connectivity index (χ1) is 14.8. The van der Waals surface area contributed by atoms with Gasteiger partial charge < -0.3 is 4.74 Å². The van der Waals surface area contributed by atoms with Crippen molar-refractivity contribution in [1.29, 1.82) is 0 Å². The lowest BCUT2D eigenvalue weighted by atomic mass is 10.1. The Labute approximate surface area is 191 Å². The van der Waals surface area contributed by atoms with Crippen molar-refractivity contribution in [1.82, 2.24) is 0 Å². The molecule has 0 aliphatic carbocycles. The van der Waals surface area contributed by atoms with Gasteiger partial charge in [0.1, 0.15) is 0 Å². The molecular weight excluding hydrogens is 368 g/mol. The highest BCUT2D eigenvalue weighted by molar-refractivity contribution is 4.51. The van der Waals surface area contributed by atoms with E-state index in [0.29, 0.717) is 13.0 Å². The summed E-state index contributed by atoms with van der Waals surface area (Å²) in [7, 11) is 0. The lowest BCUT2D eigenvalue weighted by Gasteiger charge is -2.10. The monoisotopic (exact) mass is 425 g/mol. The van der Waals surface area contributed by atoms with Crippen LogP contribution in [-0.4, -0.2) is 12.9 Å². The summed E-state index contributed by atoms with van der Waals surface area (Å²) in [6, 6.07) is 0. The average Bonchev–Trinajstić information content (AvgIpc) is 2.75. The van der Waals surface area contributed by atoms with Gasteiger partial charge in [0.2, 0.25) is 0 Å². The molecular formula is C28H57O2. The zero-order valence-corrected chi connectivity index (χ0v) is 21.1. The Morgan fingerprint density at radius 3 is 1.10 bits per heavy atom. The molecule has 30 heavy (non-hydrogen) atoms. The molecule has 0 aromatic rings. The molecule has 0 fully saturated rings. The summed E-state index contributed by atoms with van der Waals surface area (Å²) in [4.78, 5) is 0. The van der Waals surface area contributed by atoms with E-state index in [1.54, 1.807) is 0 Å². The smallest absolute Gasteiger partial charge is 0.191 e. The number of unbranched alkanes of at least 4 members (excludes halogenated alkanes) is 21. The first-order valence-electron chi connectivity index (χ1n) is 14.1. The van der Waals surface area contributed by atoms with Crippen LogP contribution in [0.5, 0.6) is 0 Å². The Kier molecular flexibility index (Phi) is 26.9. The summed E-state index contributed by atoms with van der Waals surface area (Å²) in [6.07, 6.45) is 30.8. The van der Waals surface area contributed by atoms with Gasteiger partial charge in [-0.1, -0.05) is 149 Å². The van der Waals surface area contributed by atoms with Gasteiger partial charge >= 0.3 is 0 Å². The molecule has 2 heteroatoms. The summed E-state index contributed by atoms with van der Waals surface area (Å²) in [5, 5.41) is 11.9. The Morgan fingerprint density at radius 1 is 0.433 bits per heavy atom. The van der Waals surface area contributed by atoms with Crippen LogP contribution in [0, 0.1) is 0 Å². The molecule has 0 aliphatic heterocycles. The van der Waals surface area contributed by atoms with Crippen molar-refractivity contribution in [2.45, 2.75) is 174 Å².